The van der Waals surface area contributed by atoms with Gasteiger partial charge in [0.05, 0.1) is 12.2 Å². The van der Waals surface area contributed by atoms with Crippen molar-refractivity contribution in [2.75, 3.05) is 22.5 Å². The molecule has 0 bridgehead atoms. The van der Waals surface area contributed by atoms with Crippen molar-refractivity contribution in [2.45, 2.75) is 18.3 Å². The van der Waals surface area contributed by atoms with Gasteiger partial charge < -0.3 is 10.2 Å². The number of aryl methyl sites for hydroxylation is 1. The summed E-state index contributed by atoms with van der Waals surface area (Å²) in [5.74, 6) is 0.0641. The molecule has 5 rings (SSSR count). The normalized spacial score (nSPS) is 19.5. The number of halogens is 1. The molecule has 3 amide bonds. The van der Waals surface area contributed by atoms with Gasteiger partial charge in [-0.15, -0.1) is 11.8 Å². The number of thioether (sulfide) groups is 1. The standard InChI is InChI=1S/C25H22FN3O2S/c1-17-11-12-22-20(15-17)25(23(30)28(22)16-18-7-5-6-10-21(18)26)29(13-14-32-25)24(31)27-19-8-3-2-4-9-19/h2-12,15H,13-14,16H2,1H3,(H,27,31). The van der Waals surface area contributed by atoms with Crippen LogP contribution in [0.2, 0.25) is 0 Å². The molecular formula is C25H22FN3O2S. The van der Waals surface area contributed by atoms with Crippen molar-refractivity contribution in [3.8, 4) is 0 Å². The highest BCUT2D eigenvalue weighted by molar-refractivity contribution is 8.01. The van der Waals surface area contributed by atoms with E-state index in [2.05, 4.69) is 5.32 Å². The number of para-hydroxylation sites is 1. The lowest BCUT2D eigenvalue weighted by atomic mass is 10.0. The van der Waals surface area contributed by atoms with Gasteiger partial charge in [-0.25, -0.2) is 9.18 Å². The van der Waals surface area contributed by atoms with Crippen molar-refractivity contribution in [1.29, 1.82) is 0 Å². The van der Waals surface area contributed by atoms with Crippen LogP contribution < -0.4 is 10.2 Å². The van der Waals surface area contributed by atoms with E-state index in [0.717, 1.165) is 16.8 Å². The molecule has 1 spiro atoms. The van der Waals surface area contributed by atoms with E-state index >= 15 is 0 Å². The minimum Gasteiger partial charge on any atom is -0.308 e. The van der Waals surface area contributed by atoms with Crippen molar-refractivity contribution in [3.05, 3.63) is 95.3 Å². The first-order valence-electron chi connectivity index (χ1n) is 10.4. The van der Waals surface area contributed by atoms with Crippen LogP contribution in [0.25, 0.3) is 0 Å². The highest BCUT2D eigenvalue weighted by Crippen LogP contribution is 2.54. The van der Waals surface area contributed by atoms with E-state index < -0.39 is 4.87 Å². The number of nitrogens with zero attached hydrogens (tertiary/aromatic N) is 2. The van der Waals surface area contributed by atoms with Gasteiger partial charge in [0.1, 0.15) is 5.82 Å². The average Bonchev–Trinajstić information content (AvgIpc) is 3.33. The quantitative estimate of drug-likeness (QED) is 0.607. The molecule has 2 aliphatic rings. The number of anilines is 2. The molecule has 0 radical (unpaired) electrons. The third-order valence-corrected chi connectivity index (χ3v) is 7.32. The third-order valence-electron chi connectivity index (χ3n) is 5.91. The summed E-state index contributed by atoms with van der Waals surface area (Å²) in [7, 11) is 0. The van der Waals surface area contributed by atoms with Gasteiger partial charge in [-0.1, -0.05) is 54.1 Å². The number of rotatable bonds is 3. The molecule has 1 saturated heterocycles. The second-order valence-electron chi connectivity index (χ2n) is 7.94. The second kappa shape index (κ2) is 7.98. The van der Waals surface area contributed by atoms with Gasteiger partial charge in [0.2, 0.25) is 0 Å². The largest absolute Gasteiger partial charge is 0.323 e. The summed E-state index contributed by atoms with van der Waals surface area (Å²) in [5, 5.41) is 2.92. The van der Waals surface area contributed by atoms with E-state index in [1.165, 1.54) is 17.8 Å². The van der Waals surface area contributed by atoms with Crippen molar-refractivity contribution in [2.24, 2.45) is 0 Å². The number of nitrogens with one attached hydrogen (secondary N) is 1. The zero-order chi connectivity index (χ0) is 22.3. The Kier molecular flexibility index (Phi) is 5.13. The zero-order valence-electron chi connectivity index (χ0n) is 17.5. The summed E-state index contributed by atoms with van der Waals surface area (Å²) in [6, 6.07) is 21.1. The molecular weight excluding hydrogens is 425 g/mol. The summed E-state index contributed by atoms with van der Waals surface area (Å²) in [4.78, 5) is 29.3. The average molecular weight is 448 g/mol. The summed E-state index contributed by atoms with van der Waals surface area (Å²) in [6.07, 6.45) is 0. The van der Waals surface area contributed by atoms with E-state index in [1.54, 1.807) is 28.0 Å². The number of hydrogen-bond acceptors (Lipinski definition) is 3. The third kappa shape index (κ3) is 3.24. The number of urea groups is 1. The lowest BCUT2D eigenvalue weighted by Crippen LogP contribution is -2.51. The van der Waals surface area contributed by atoms with E-state index in [9.17, 15) is 14.0 Å². The summed E-state index contributed by atoms with van der Waals surface area (Å²) >= 11 is 1.46. The first kappa shape index (κ1) is 20.6. The van der Waals surface area contributed by atoms with Gasteiger partial charge in [-0.05, 0) is 31.2 Å². The monoisotopic (exact) mass is 447 g/mol. The fourth-order valence-corrected chi connectivity index (χ4v) is 5.85. The molecule has 3 aromatic carbocycles. The molecule has 32 heavy (non-hydrogen) atoms. The van der Waals surface area contributed by atoms with Crippen LogP contribution >= 0.6 is 11.8 Å². The lowest BCUT2D eigenvalue weighted by molar-refractivity contribution is -0.123. The smallest absolute Gasteiger partial charge is 0.308 e. The number of carbonyl (C=O) groups is 2. The lowest BCUT2D eigenvalue weighted by Gasteiger charge is -2.33. The number of hydrogen-bond donors (Lipinski definition) is 1. The van der Waals surface area contributed by atoms with Crippen molar-refractivity contribution in [1.82, 2.24) is 4.90 Å². The Morgan fingerprint density at radius 1 is 1.09 bits per heavy atom. The Balaban J connectivity index is 1.55. The summed E-state index contributed by atoms with van der Waals surface area (Å²) in [5.41, 5.74) is 3.61. The first-order chi connectivity index (χ1) is 15.5. The minimum absolute atomic E-state index is 0.109. The van der Waals surface area contributed by atoms with E-state index in [-0.39, 0.29) is 24.3 Å². The van der Waals surface area contributed by atoms with Crippen LogP contribution in [0, 0.1) is 12.7 Å². The molecule has 5 nitrogen and oxygen atoms in total. The Morgan fingerprint density at radius 2 is 1.84 bits per heavy atom. The predicted octanol–water partition coefficient (Wildman–Crippen LogP) is 5.11. The van der Waals surface area contributed by atoms with Crippen LogP contribution in [0.15, 0.2) is 72.8 Å². The summed E-state index contributed by atoms with van der Waals surface area (Å²) in [6.45, 7) is 2.51. The van der Waals surface area contributed by atoms with Gasteiger partial charge in [-0.3, -0.25) is 9.69 Å². The molecule has 162 valence electrons. The molecule has 1 fully saturated rings. The molecule has 7 heteroatoms. The van der Waals surface area contributed by atoms with E-state index in [4.69, 9.17) is 0 Å². The van der Waals surface area contributed by atoms with E-state index in [1.807, 2.05) is 55.5 Å². The van der Waals surface area contributed by atoms with Crippen molar-refractivity contribution in [3.63, 3.8) is 0 Å². The second-order valence-corrected chi connectivity index (χ2v) is 9.23. The Labute approximate surface area is 190 Å². The Morgan fingerprint density at radius 3 is 2.62 bits per heavy atom. The van der Waals surface area contributed by atoms with Gasteiger partial charge in [0.15, 0.2) is 4.87 Å². The van der Waals surface area contributed by atoms with E-state index in [0.29, 0.717) is 23.5 Å². The molecule has 1 atom stereocenters. The topological polar surface area (TPSA) is 52.7 Å². The number of benzene rings is 3. The molecule has 2 heterocycles. The van der Waals surface area contributed by atoms with Crippen LogP contribution in [0.5, 0.6) is 0 Å². The first-order valence-corrected chi connectivity index (χ1v) is 11.4. The maximum Gasteiger partial charge on any atom is 0.323 e. The molecule has 2 aliphatic heterocycles. The zero-order valence-corrected chi connectivity index (χ0v) is 18.4. The number of carbonyl (C=O) groups excluding carboxylic acids is 2. The highest BCUT2D eigenvalue weighted by Gasteiger charge is 2.59. The maximum atomic E-state index is 14.4. The SMILES string of the molecule is Cc1ccc2c(c1)C1(SCCN1C(=O)Nc1ccccc1)C(=O)N2Cc1ccccc1F. The van der Waals surface area contributed by atoms with Crippen LogP contribution in [0.1, 0.15) is 16.7 Å². The van der Waals surface area contributed by atoms with Gasteiger partial charge in [-0.2, -0.15) is 0 Å². The molecule has 0 saturated carbocycles. The predicted molar refractivity (Wildman–Crippen MR) is 125 cm³/mol. The molecule has 1 unspecified atom stereocenters. The Hall–Kier alpha value is -3.32. The fraction of sp³-hybridized carbons (Fsp3) is 0.200. The number of fused-ring (bicyclic) bond motifs is 2. The van der Waals surface area contributed by atoms with Crippen LogP contribution in [0.4, 0.5) is 20.6 Å². The Bertz CT molecular complexity index is 1200. The fourth-order valence-electron chi connectivity index (χ4n) is 4.40. The molecule has 0 aliphatic carbocycles. The molecule has 0 aromatic heterocycles. The van der Waals surface area contributed by atoms with Gasteiger partial charge in [0, 0.05) is 29.1 Å². The van der Waals surface area contributed by atoms with Gasteiger partial charge >= 0.3 is 6.03 Å². The molecule has 3 aromatic rings. The minimum atomic E-state index is -1.16. The van der Waals surface area contributed by atoms with Crippen molar-refractivity contribution >= 4 is 35.1 Å². The maximum absolute atomic E-state index is 14.4. The van der Waals surface area contributed by atoms with Crippen molar-refractivity contribution < 1.29 is 14.0 Å². The van der Waals surface area contributed by atoms with Crippen LogP contribution in [0.3, 0.4) is 0 Å². The number of amides is 3. The summed E-state index contributed by atoms with van der Waals surface area (Å²) < 4.78 is 14.4. The van der Waals surface area contributed by atoms with Gasteiger partial charge in [0.25, 0.3) is 5.91 Å². The molecule has 1 N–H and O–H groups in total. The van der Waals surface area contributed by atoms with Crippen LogP contribution in [-0.4, -0.2) is 29.1 Å². The highest BCUT2D eigenvalue weighted by atomic mass is 32.2. The van der Waals surface area contributed by atoms with Crippen LogP contribution in [-0.2, 0) is 16.2 Å².